The highest BCUT2D eigenvalue weighted by molar-refractivity contribution is 7.89. The van der Waals surface area contributed by atoms with Gasteiger partial charge in [0, 0.05) is 6.07 Å². The molecule has 0 unspecified atom stereocenters. The fourth-order valence-electron chi connectivity index (χ4n) is 1.96. The number of nitro benzene ring substituents is 1. The van der Waals surface area contributed by atoms with Crippen LogP contribution in [0.2, 0.25) is 5.02 Å². The van der Waals surface area contributed by atoms with Gasteiger partial charge in [-0.1, -0.05) is 41.9 Å². The monoisotopic (exact) mass is 369 g/mol. The molecule has 1 atom stereocenters. The zero-order chi connectivity index (χ0) is 17.9. The molecule has 0 aromatic heterocycles. The highest BCUT2D eigenvalue weighted by Crippen LogP contribution is 2.27. The SMILES string of the molecule is NC(=O)[C@@H](NS(=O)(=O)c1ccc(Cl)c([N+](=O)[O-])c1)c1ccccc1. The first-order chi connectivity index (χ1) is 11.2. The molecule has 24 heavy (non-hydrogen) atoms. The molecule has 2 aromatic carbocycles. The van der Waals surface area contributed by atoms with Crippen LogP contribution in [-0.4, -0.2) is 19.2 Å². The van der Waals surface area contributed by atoms with E-state index in [0.717, 1.165) is 18.2 Å². The van der Waals surface area contributed by atoms with Crippen molar-refractivity contribution >= 4 is 33.2 Å². The fraction of sp³-hybridized carbons (Fsp3) is 0.0714. The molecular formula is C14H12ClN3O5S. The molecule has 3 N–H and O–H groups in total. The van der Waals surface area contributed by atoms with Gasteiger partial charge < -0.3 is 5.73 Å². The predicted molar refractivity (Wildman–Crippen MR) is 86.8 cm³/mol. The standard InChI is InChI=1S/C14H12ClN3O5S/c15-11-7-6-10(8-12(11)18(20)21)24(22,23)17-13(14(16)19)9-4-2-1-3-5-9/h1-8,13,17H,(H2,16,19)/t13-/m0/s1. The number of hydrogen-bond acceptors (Lipinski definition) is 5. The number of primary amides is 1. The van der Waals surface area contributed by atoms with Gasteiger partial charge in [0.05, 0.1) is 9.82 Å². The molecule has 0 spiro atoms. The Labute approximate surface area is 142 Å². The average molecular weight is 370 g/mol. The van der Waals surface area contributed by atoms with Crippen molar-refractivity contribution in [3.05, 3.63) is 69.2 Å². The third kappa shape index (κ3) is 3.88. The van der Waals surface area contributed by atoms with E-state index in [1.54, 1.807) is 18.2 Å². The van der Waals surface area contributed by atoms with Crippen LogP contribution in [0.25, 0.3) is 0 Å². The van der Waals surface area contributed by atoms with E-state index in [2.05, 4.69) is 4.72 Å². The maximum Gasteiger partial charge on any atom is 0.289 e. The van der Waals surface area contributed by atoms with Crippen LogP contribution in [0.5, 0.6) is 0 Å². The number of nitro groups is 1. The van der Waals surface area contributed by atoms with Gasteiger partial charge in [0.2, 0.25) is 15.9 Å². The van der Waals surface area contributed by atoms with E-state index in [0.29, 0.717) is 5.56 Å². The van der Waals surface area contributed by atoms with E-state index in [1.165, 1.54) is 12.1 Å². The van der Waals surface area contributed by atoms with Gasteiger partial charge >= 0.3 is 0 Å². The van der Waals surface area contributed by atoms with Gasteiger partial charge in [0.1, 0.15) is 11.1 Å². The first-order valence-corrected chi connectivity index (χ1v) is 8.39. The lowest BCUT2D eigenvalue weighted by Crippen LogP contribution is -2.37. The zero-order valence-corrected chi connectivity index (χ0v) is 13.6. The molecular weight excluding hydrogens is 358 g/mol. The van der Waals surface area contributed by atoms with Crippen molar-refractivity contribution in [3.63, 3.8) is 0 Å². The largest absolute Gasteiger partial charge is 0.368 e. The van der Waals surface area contributed by atoms with Crippen molar-refractivity contribution in [2.24, 2.45) is 5.73 Å². The number of rotatable bonds is 6. The van der Waals surface area contributed by atoms with Gasteiger partial charge in [-0.15, -0.1) is 0 Å². The topological polar surface area (TPSA) is 132 Å². The van der Waals surface area contributed by atoms with Gasteiger partial charge in [-0.2, -0.15) is 4.72 Å². The number of amides is 1. The van der Waals surface area contributed by atoms with Gasteiger partial charge in [-0.3, -0.25) is 14.9 Å². The molecule has 0 bridgehead atoms. The number of benzene rings is 2. The summed E-state index contributed by atoms with van der Waals surface area (Å²) in [6.07, 6.45) is 0. The van der Waals surface area contributed by atoms with E-state index in [-0.39, 0.29) is 5.02 Å². The Morgan fingerprint density at radius 2 is 1.83 bits per heavy atom. The molecule has 0 saturated carbocycles. The molecule has 0 fully saturated rings. The molecule has 0 heterocycles. The summed E-state index contributed by atoms with van der Waals surface area (Å²) in [5.41, 5.74) is 5.05. The summed E-state index contributed by atoms with van der Waals surface area (Å²) in [5, 5.41) is 10.7. The van der Waals surface area contributed by atoms with Crippen molar-refractivity contribution in [1.82, 2.24) is 4.72 Å². The summed E-state index contributed by atoms with van der Waals surface area (Å²) in [7, 11) is -4.24. The highest BCUT2D eigenvalue weighted by atomic mass is 35.5. The molecule has 0 aliphatic heterocycles. The molecule has 0 aliphatic carbocycles. The third-order valence-electron chi connectivity index (χ3n) is 3.12. The Balaban J connectivity index is 2.41. The Kier molecular flexibility index (Phi) is 5.17. The second-order valence-corrected chi connectivity index (χ2v) is 6.86. The average Bonchev–Trinajstić information content (AvgIpc) is 2.53. The molecule has 1 amide bonds. The Morgan fingerprint density at radius 1 is 1.21 bits per heavy atom. The smallest absolute Gasteiger partial charge is 0.289 e. The maximum absolute atomic E-state index is 12.4. The van der Waals surface area contributed by atoms with Crippen LogP contribution >= 0.6 is 11.6 Å². The summed E-state index contributed by atoms with van der Waals surface area (Å²) >= 11 is 5.66. The Hall–Kier alpha value is -2.49. The number of nitrogens with zero attached hydrogens (tertiary/aromatic N) is 1. The number of nitrogens with one attached hydrogen (secondary N) is 1. The number of nitrogens with two attached hydrogens (primary N) is 1. The first-order valence-electron chi connectivity index (χ1n) is 6.53. The Morgan fingerprint density at radius 3 is 2.38 bits per heavy atom. The first kappa shape index (κ1) is 17.9. The number of sulfonamides is 1. The summed E-state index contributed by atoms with van der Waals surface area (Å²) in [5.74, 6) is -0.909. The van der Waals surface area contributed by atoms with Crippen LogP contribution in [0.4, 0.5) is 5.69 Å². The summed E-state index contributed by atoms with van der Waals surface area (Å²) in [6.45, 7) is 0. The molecule has 0 aliphatic rings. The van der Waals surface area contributed by atoms with E-state index in [1.807, 2.05) is 0 Å². The number of carbonyl (C=O) groups excluding carboxylic acids is 1. The van der Waals surface area contributed by atoms with Crippen molar-refractivity contribution in [1.29, 1.82) is 0 Å². The third-order valence-corrected chi connectivity index (χ3v) is 4.86. The lowest BCUT2D eigenvalue weighted by molar-refractivity contribution is -0.384. The molecule has 0 saturated heterocycles. The van der Waals surface area contributed by atoms with E-state index in [4.69, 9.17) is 17.3 Å². The second kappa shape index (κ2) is 6.95. The van der Waals surface area contributed by atoms with Crippen molar-refractivity contribution in [3.8, 4) is 0 Å². The minimum absolute atomic E-state index is 0.200. The molecule has 10 heteroatoms. The summed E-state index contributed by atoms with van der Waals surface area (Å²) < 4.78 is 27.0. The zero-order valence-electron chi connectivity index (χ0n) is 12.0. The fourth-order valence-corrected chi connectivity index (χ4v) is 3.36. The van der Waals surface area contributed by atoms with E-state index >= 15 is 0 Å². The van der Waals surface area contributed by atoms with Crippen LogP contribution in [0.1, 0.15) is 11.6 Å². The van der Waals surface area contributed by atoms with Gasteiger partial charge in [0.25, 0.3) is 5.69 Å². The lowest BCUT2D eigenvalue weighted by atomic mass is 10.1. The van der Waals surface area contributed by atoms with Crippen LogP contribution < -0.4 is 10.5 Å². The number of hydrogen-bond donors (Lipinski definition) is 2. The molecule has 126 valence electrons. The molecule has 8 nitrogen and oxygen atoms in total. The molecule has 0 radical (unpaired) electrons. The van der Waals surface area contributed by atoms with Crippen LogP contribution in [-0.2, 0) is 14.8 Å². The second-order valence-electron chi connectivity index (χ2n) is 4.74. The summed E-state index contributed by atoms with van der Waals surface area (Å²) in [6, 6.07) is 9.68. The predicted octanol–water partition coefficient (Wildman–Crippen LogP) is 1.75. The van der Waals surface area contributed by atoms with Crippen LogP contribution in [0.3, 0.4) is 0 Å². The maximum atomic E-state index is 12.4. The van der Waals surface area contributed by atoms with Gasteiger partial charge in [-0.05, 0) is 17.7 Å². The lowest BCUT2D eigenvalue weighted by Gasteiger charge is -2.16. The van der Waals surface area contributed by atoms with Gasteiger partial charge in [0.15, 0.2) is 0 Å². The highest BCUT2D eigenvalue weighted by Gasteiger charge is 2.27. The number of carbonyl (C=O) groups is 1. The van der Waals surface area contributed by atoms with Crippen LogP contribution in [0, 0.1) is 10.1 Å². The Bertz CT molecular complexity index is 887. The van der Waals surface area contributed by atoms with Crippen molar-refractivity contribution in [2.75, 3.05) is 0 Å². The number of halogens is 1. The van der Waals surface area contributed by atoms with Crippen molar-refractivity contribution in [2.45, 2.75) is 10.9 Å². The van der Waals surface area contributed by atoms with Crippen LogP contribution in [0.15, 0.2) is 53.4 Å². The minimum Gasteiger partial charge on any atom is -0.368 e. The van der Waals surface area contributed by atoms with Gasteiger partial charge in [-0.25, -0.2) is 8.42 Å². The normalized spacial score (nSPS) is 12.5. The summed E-state index contributed by atoms with van der Waals surface area (Å²) in [4.78, 5) is 21.3. The van der Waals surface area contributed by atoms with Crippen molar-refractivity contribution < 1.29 is 18.1 Å². The molecule has 2 aromatic rings. The quantitative estimate of drug-likeness (QED) is 0.591. The minimum atomic E-state index is -4.24. The molecule has 2 rings (SSSR count). The van der Waals surface area contributed by atoms with E-state index in [9.17, 15) is 23.3 Å². The van der Waals surface area contributed by atoms with E-state index < -0.39 is 37.5 Å².